The van der Waals surface area contributed by atoms with Crippen LogP contribution in [0.25, 0.3) is 0 Å². The van der Waals surface area contributed by atoms with Crippen LogP contribution in [0, 0.1) is 0 Å². The second-order valence-corrected chi connectivity index (χ2v) is 3.81. The van der Waals surface area contributed by atoms with E-state index in [2.05, 4.69) is 4.98 Å². The molecule has 1 aromatic heterocycles. The zero-order valence-corrected chi connectivity index (χ0v) is 9.62. The second-order valence-electron chi connectivity index (χ2n) is 3.81. The van der Waals surface area contributed by atoms with E-state index in [4.69, 9.17) is 5.11 Å². The fraction of sp³-hybridized carbons (Fsp3) is 0.364. The zero-order valence-electron chi connectivity index (χ0n) is 9.62. The Bertz CT molecular complexity index is 431. The number of hydrogen-bond acceptors (Lipinski definition) is 4. The summed E-state index contributed by atoms with van der Waals surface area (Å²) in [6.07, 6.45) is 2.51. The zero-order chi connectivity index (χ0) is 13.0. The van der Waals surface area contributed by atoms with Gasteiger partial charge in [-0.2, -0.15) is 0 Å². The van der Waals surface area contributed by atoms with Gasteiger partial charge < -0.3 is 15.1 Å². The molecule has 1 rings (SSSR count). The standard InChI is InChI=1S/C11H14N2O4/c1-7(2)13(6-10(15)16)11(17)8-3-4-12-5-9(8)14/h3-5,7,14H,6H2,1-2H3,(H,15,16). The van der Waals surface area contributed by atoms with E-state index >= 15 is 0 Å². The first kappa shape index (κ1) is 13.0. The third kappa shape index (κ3) is 3.17. The van der Waals surface area contributed by atoms with E-state index < -0.39 is 18.4 Å². The Morgan fingerprint density at radius 2 is 2.12 bits per heavy atom. The molecule has 0 radical (unpaired) electrons. The molecule has 0 spiro atoms. The summed E-state index contributed by atoms with van der Waals surface area (Å²) in [5.74, 6) is -1.88. The molecule has 6 nitrogen and oxygen atoms in total. The van der Waals surface area contributed by atoms with Crippen LogP contribution in [-0.4, -0.2) is 44.6 Å². The Morgan fingerprint density at radius 3 is 2.59 bits per heavy atom. The van der Waals surface area contributed by atoms with Crippen molar-refractivity contribution >= 4 is 11.9 Å². The molecule has 0 bridgehead atoms. The number of aromatic hydroxyl groups is 1. The molecule has 0 aliphatic carbocycles. The average Bonchev–Trinajstić information content (AvgIpc) is 2.25. The first-order chi connectivity index (χ1) is 7.93. The molecular formula is C11H14N2O4. The van der Waals surface area contributed by atoms with Gasteiger partial charge in [-0.15, -0.1) is 0 Å². The molecule has 0 aliphatic heterocycles. The summed E-state index contributed by atoms with van der Waals surface area (Å²) in [4.78, 5) is 27.5. The van der Waals surface area contributed by atoms with Crippen molar-refractivity contribution in [2.45, 2.75) is 19.9 Å². The van der Waals surface area contributed by atoms with E-state index in [1.807, 2.05) is 0 Å². The molecule has 0 aliphatic rings. The van der Waals surface area contributed by atoms with Crippen molar-refractivity contribution in [3.63, 3.8) is 0 Å². The van der Waals surface area contributed by atoms with Crippen molar-refractivity contribution in [3.8, 4) is 5.75 Å². The highest BCUT2D eigenvalue weighted by atomic mass is 16.4. The van der Waals surface area contributed by atoms with E-state index in [0.717, 1.165) is 11.1 Å². The average molecular weight is 238 g/mol. The number of pyridine rings is 1. The largest absolute Gasteiger partial charge is 0.505 e. The van der Waals surface area contributed by atoms with Gasteiger partial charge in [0, 0.05) is 12.2 Å². The predicted octanol–water partition coefficient (Wildman–Crippen LogP) is 0.722. The summed E-state index contributed by atoms with van der Waals surface area (Å²) in [6.45, 7) is 3.01. The van der Waals surface area contributed by atoms with Gasteiger partial charge in [-0.3, -0.25) is 14.6 Å². The molecule has 0 atom stereocenters. The van der Waals surface area contributed by atoms with Gasteiger partial charge in [0.25, 0.3) is 5.91 Å². The molecule has 92 valence electrons. The fourth-order valence-corrected chi connectivity index (χ4v) is 1.36. The summed E-state index contributed by atoms with van der Waals surface area (Å²) in [6, 6.07) is 1.08. The predicted molar refractivity (Wildman–Crippen MR) is 59.7 cm³/mol. The van der Waals surface area contributed by atoms with E-state index in [1.165, 1.54) is 12.3 Å². The minimum absolute atomic E-state index is 0.0509. The molecule has 0 fully saturated rings. The minimum Gasteiger partial charge on any atom is -0.505 e. The Balaban J connectivity index is 3.00. The molecule has 0 unspecified atom stereocenters. The number of amides is 1. The maximum absolute atomic E-state index is 12.0. The lowest BCUT2D eigenvalue weighted by atomic mass is 10.2. The van der Waals surface area contributed by atoms with Crippen LogP contribution >= 0.6 is 0 Å². The van der Waals surface area contributed by atoms with E-state index in [0.29, 0.717) is 0 Å². The summed E-state index contributed by atoms with van der Waals surface area (Å²) in [7, 11) is 0. The Hall–Kier alpha value is -2.11. The van der Waals surface area contributed by atoms with Crippen molar-refractivity contribution in [2.75, 3.05) is 6.54 Å². The summed E-state index contributed by atoms with van der Waals surface area (Å²) in [5, 5.41) is 18.2. The number of hydrogen-bond donors (Lipinski definition) is 2. The summed E-state index contributed by atoms with van der Waals surface area (Å²) >= 11 is 0. The molecule has 6 heteroatoms. The number of rotatable bonds is 4. The quantitative estimate of drug-likeness (QED) is 0.806. The number of carboxylic acids is 1. The van der Waals surface area contributed by atoms with Crippen molar-refractivity contribution < 1.29 is 19.8 Å². The van der Waals surface area contributed by atoms with Crippen LogP contribution in [0.1, 0.15) is 24.2 Å². The van der Waals surface area contributed by atoms with Crippen LogP contribution in [0.2, 0.25) is 0 Å². The number of carbonyl (C=O) groups is 2. The molecule has 1 heterocycles. The van der Waals surface area contributed by atoms with Crippen molar-refractivity contribution in [1.29, 1.82) is 0 Å². The number of nitrogens with zero attached hydrogens (tertiary/aromatic N) is 2. The Morgan fingerprint density at radius 1 is 1.47 bits per heavy atom. The molecule has 0 saturated heterocycles. The number of carbonyl (C=O) groups excluding carboxylic acids is 1. The van der Waals surface area contributed by atoms with Crippen LogP contribution in [-0.2, 0) is 4.79 Å². The van der Waals surface area contributed by atoms with Gasteiger partial charge in [-0.1, -0.05) is 0 Å². The molecule has 0 saturated carbocycles. The minimum atomic E-state index is -1.10. The SMILES string of the molecule is CC(C)N(CC(=O)O)C(=O)c1ccncc1O. The number of aliphatic carboxylic acids is 1. The monoisotopic (exact) mass is 238 g/mol. The van der Waals surface area contributed by atoms with Crippen molar-refractivity contribution in [3.05, 3.63) is 24.0 Å². The lowest BCUT2D eigenvalue weighted by Crippen LogP contribution is -2.40. The van der Waals surface area contributed by atoms with Crippen LogP contribution in [0.5, 0.6) is 5.75 Å². The van der Waals surface area contributed by atoms with Crippen molar-refractivity contribution in [1.82, 2.24) is 9.88 Å². The first-order valence-corrected chi connectivity index (χ1v) is 5.09. The first-order valence-electron chi connectivity index (χ1n) is 5.09. The van der Waals surface area contributed by atoms with Gasteiger partial charge in [-0.05, 0) is 19.9 Å². The smallest absolute Gasteiger partial charge is 0.323 e. The summed E-state index contributed by atoms with van der Waals surface area (Å²) in [5.41, 5.74) is 0.0509. The Kier molecular flexibility index (Phi) is 4.03. The molecule has 1 aromatic rings. The maximum Gasteiger partial charge on any atom is 0.323 e. The van der Waals surface area contributed by atoms with Gasteiger partial charge in [-0.25, -0.2) is 0 Å². The van der Waals surface area contributed by atoms with Crippen molar-refractivity contribution in [2.24, 2.45) is 0 Å². The van der Waals surface area contributed by atoms with Crippen LogP contribution in [0.3, 0.4) is 0 Å². The number of aromatic nitrogens is 1. The molecular weight excluding hydrogens is 224 g/mol. The molecule has 0 aromatic carbocycles. The molecule has 17 heavy (non-hydrogen) atoms. The lowest BCUT2D eigenvalue weighted by molar-refractivity contribution is -0.138. The van der Waals surface area contributed by atoms with Gasteiger partial charge in [0.1, 0.15) is 12.3 Å². The van der Waals surface area contributed by atoms with Gasteiger partial charge in [0.05, 0.1) is 11.8 Å². The van der Waals surface area contributed by atoms with Crippen LogP contribution in [0.4, 0.5) is 0 Å². The van der Waals surface area contributed by atoms with Crippen LogP contribution in [0.15, 0.2) is 18.5 Å². The lowest BCUT2D eigenvalue weighted by Gasteiger charge is -2.25. The topological polar surface area (TPSA) is 90.7 Å². The van der Waals surface area contributed by atoms with Crippen LogP contribution < -0.4 is 0 Å². The molecule has 2 N–H and O–H groups in total. The number of carboxylic acid groups (broad SMARTS) is 1. The third-order valence-electron chi connectivity index (χ3n) is 2.22. The highest BCUT2D eigenvalue weighted by molar-refractivity contribution is 5.98. The normalized spacial score (nSPS) is 10.3. The van der Waals surface area contributed by atoms with Gasteiger partial charge in [0.2, 0.25) is 0 Å². The van der Waals surface area contributed by atoms with E-state index in [-0.39, 0.29) is 17.4 Å². The maximum atomic E-state index is 12.0. The van der Waals surface area contributed by atoms with Gasteiger partial charge >= 0.3 is 5.97 Å². The molecule has 1 amide bonds. The summed E-state index contributed by atoms with van der Waals surface area (Å²) < 4.78 is 0. The highest BCUT2D eigenvalue weighted by Crippen LogP contribution is 2.17. The van der Waals surface area contributed by atoms with E-state index in [1.54, 1.807) is 13.8 Å². The van der Waals surface area contributed by atoms with E-state index in [9.17, 15) is 14.7 Å². The second kappa shape index (κ2) is 5.29. The third-order valence-corrected chi connectivity index (χ3v) is 2.22. The fourth-order valence-electron chi connectivity index (χ4n) is 1.36. The Labute approximate surface area is 98.5 Å². The van der Waals surface area contributed by atoms with Gasteiger partial charge in [0.15, 0.2) is 0 Å². The highest BCUT2D eigenvalue weighted by Gasteiger charge is 2.23.